The van der Waals surface area contributed by atoms with Gasteiger partial charge < -0.3 is 5.11 Å². The average molecular weight is 356 g/mol. The van der Waals surface area contributed by atoms with E-state index in [2.05, 4.69) is 20.7 Å². The normalized spacial score (nSPS) is 11.3. The van der Waals surface area contributed by atoms with E-state index in [1.165, 1.54) is 12.1 Å². The third-order valence-electron chi connectivity index (χ3n) is 2.90. The number of halogens is 1. The molecule has 2 aromatic rings. The zero-order valence-corrected chi connectivity index (χ0v) is 13.2. The van der Waals surface area contributed by atoms with E-state index in [9.17, 15) is 8.42 Å². The van der Waals surface area contributed by atoms with Crippen molar-refractivity contribution in [2.75, 3.05) is 4.72 Å². The van der Waals surface area contributed by atoms with E-state index in [4.69, 9.17) is 5.11 Å². The Balaban J connectivity index is 2.38. The zero-order chi connectivity index (χ0) is 14.8. The molecule has 2 N–H and O–H groups in total. The van der Waals surface area contributed by atoms with Crippen molar-refractivity contribution in [2.45, 2.75) is 18.4 Å². The van der Waals surface area contributed by atoms with Crippen molar-refractivity contribution in [3.05, 3.63) is 58.1 Å². The molecule has 0 aliphatic carbocycles. The van der Waals surface area contributed by atoms with Crippen molar-refractivity contribution < 1.29 is 13.5 Å². The van der Waals surface area contributed by atoms with E-state index >= 15 is 0 Å². The van der Waals surface area contributed by atoms with Crippen LogP contribution in [0.25, 0.3) is 0 Å². The number of nitrogens with one attached hydrogen (secondary N) is 1. The van der Waals surface area contributed by atoms with Crippen molar-refractivity contribution in [3.8, 4) is 0 Å². The molecule has 0 unspecified atom stereocenters. The molecule has 2 rings (SSSR count). The molecule has 0 spiro atoms. The molecule has 106 valence electrons. The van der Waals surface area contributed by atoms with Crippen LogP contribution < -0.4 is 4.72 Å². The average Bonchev–Trinajstić information content (AvgIpc) is 2.44. The fourth-order valence-corrected chi connectivity index (χ4v) is 3.29. The van der Waals surface area contributed by atoms with Crippen molar-refractivity contribution >= 4 is 31.6 Å². The lowest BCUT2D eigenvalue weighted by atomic mass is 10.2. The van der Waals surface area contributed by atoms with E-state index < -0.39 is 10.0 Å². The van der Waals surface area contributed by atoms with Gasteiger partial charge in [-0.25, -0.2) is 8.42 Å². The van der Waals surface area contributed by atoms with Crippen LogP contribution in [0, 0.1) is 6.92 Å². The van der Waals surface area contributed by atoms with Gasteiger partial charge in [0, 0.05) is 4.47 Å². The first-order valence-electron chi connectivity index (χ1n) is 5.92. The Kier molecular flexibility index (Phi) is 4.47. The third-order valence-corrected chi connectivity index (χ3v) is 5.13. The lowest BCUT2D eigenvalue weighted by molar-refractivity contribution is 0.281. The summed E-state index contributed by atoms with van der Waals surface area (Å²) in [7, 11) is -3.67. The van der Waals surface area contributed by atoms with Crippen molar-refractivity contribution in [2.24, 2.45) is 0 Å². The lowest BCUT2D eigenvalue weighted by Gasteiger charge is -2.12. The van der Waals surface area contributed by atoms with Crippen LogP contribution >= 0.6 is 15.9 Å². The number of sulfonamides is 1. The summed E-state index contributed by atoms with van der Waals surface area (Å²) in [6.07, 6.45) is 0. The van der Waals surface area contributed by atoms with Gasteiger partial charge in [-0.3, -0.25) is 4.72 Å². The van der Waals surface area contributed by atoms with E-state index in [1.807, 2.05) is 13.0 Å². The standard InChI is InChI=1S/C14H14BrNO3S/c1-10-13(15)6-3-7-14(10)16-20(18,19)12-5-2-4-11(8-12)9-17/h2-8,16-17H,9H2,1H3. The molecule has 0 heterocycles. The minimum Gasteiger partial charge on any atom is -0.392 e. The van der Waals surface area contributed by atoms with Crippen LogP contribution in [0.15, 0.2) is 51.8 Å². The van der Waals surface area contributed by atoms with Crippen LogP contribution in [0.2, 0.25) is 0 Å². The molecule has 0 aliphatic heterocycles. The Morgan fingerprint density at radius 1 is 1.20 bits per heavy atom. The van der Waals surface area contributed by atoms with Crippen LogP contribution in [-0.4, -0.2) is 13.5 Å². The maximum atomic E-state index is 12.3. The Bertz CT molecular complexity index is 729. The lowest BCUT2D eigenvalue weighted by Crippen LogP contribution is -2.14. The number of aliphatic hydroxyl groups excluding tert-OH is 1. The molecule has 0 bridgehead atoms. The highest BCUT2D eigenvalue weighted by Gasteiger charge is 2.16. The minimum atomic E-state index is -3.67. The Morgan fingerprint density at radius 2 is 1.90 bits per heavy atom. The highest BCUT2D eigenvalue weighted by atomic mass is 79.9. The summed E-state index contributed by atoms with van der Waals surface area (Å²) in [6.45, 7) is 1.63. The number of aliphatic hydroxyl groups is 1. The molecule has 20 heavy (non-hydrogen) atoms. The largest absolute Gasteiger partial charge is 0.392 e. The highest BCUT2D eigenvalue weighted by molar-refractivity contribution is 9.10. The summed E-state index contributed by atoms with van der Waals surface area (Å²) in [6, 6.07) is 11.5. The number of benzene rings is 2. The summed E-state index contributed by atoms with van der Waals surface area (Å²) >= 11 is 3.36. The van der Waals surface area contributed by atoms with Crippen LogP contribution in [0.3, 0.4) is 0 Å². The molecular weight excluding hydrogens is 342 g/mol. The van der Waals surface area contributed by atoms with Gasteiger partial charge in [0.05, 0.1) is 17.2 Å². The monoisotopic (exact) mass is 355 g/mol. The first-order valence-corrected chi connectivity index (χ1v) is 8.19. The number of hydrogen-bond donors (Lipinski definition) is 2. The second kappa shape index (κ2) is 5.95. The van der Waals surface area contributed by atoms with Crippen LogP contribution in [0.5, 0.6) is 0 Å². The quantitative estimate of drug-likeness (QED) is 0.885. The summed E-state index contributed by atoms with van der Waals surface area (Å²) in [4.78, 5) is 0.128. The minimum absolute atomic E-state index is 0.128. The number of hydrogen-bond acceptors (Lipinski definition) is 3. The predicted octanol–water partition coefficient (Wildman–Crippen LogP) is 3.05. The van der Waals surface area contributed by atoms with Gasteiger partial charge in [-0.05, 0) is 42.3 Å². The van der Waals surface area contributed by atoms with Gasteiger partial charge in [-0.1, -0.05) is 34.1 Å². The first-order chi connectivity index (χ1) is 9.44. The fourth-order valence-electron chi connectivity index (χ4n) is 1.73. The van der Waals surface area contributed by atoms with Crippen LogP contribution in [0.1, 0.15) is 11.1 Å². The molecule has 0 fully saturated rings. The highest BCUT2D eigenvalue weighted by Crippen LogP contribution is 2.26. The first kappa shape index (κ1) is 15.0. The van der Waals surface area contributed by atoms with E-state index in [0.29, 0.717) is 11.3 Å². The van der Waals surface area contributed by atoms with Crippen LogP contribution in [0.4, 0.5) is 5.69 Å². The molecule has 0 atom stereocenters. The molecule has 0 aliphatic rings. The molecule has 0 amide bonds. The van der Waals surface area contributed by atoms with Crippen molar-refractivity contribution in [1.82, 2.24) is 0 Å². The molecule has 4 nitrogen and oxygen atoms in total. The van der Waals surface area contributed by atoms with Gasteiger partial charge in [0.25, 0.3) is 10.0 Å². The molecule has 0 aromatic heterocycles. The Labute approximate surface area is 126 Å². The molecule has 0 radical (unpaired) electrons. The maximum Gasteiger partial charge on any atom is 0.261 e. The second-order valence-electron chi connectivity index (χ2n) is 4.32. The number of rotatable bonds is 4. The Hall–Kier alpha value is -1.37. The molecule has 0 saturated heterocycles. The molecule has 0 saturated carbocycles. The van der Waals surface area contributed by atoms with Crippen LogP contribution in [-0.2, 0) is 16.6 Å². The number of anilines is 1. The van der Waals surface area contributed by atoms with Gasteiger partial charge in [0.15, 0.2) is 0 Å². The molecule has 2 aromatic carbocycles. The predicted molar refractivity (Wildman–Crippen MR) is 82.1 cm³/mol. The summed E-state index contributed by atoms with van der Waals surface area (Å²) in [5.74, 6) is 0. The van der Waals surface area contributed by atoms with Crippen molar-refractivity contribution in [3.63, 3.8) is 0 Å². The smallest absolute Gasteiger partial charge is 0.261 e. The molecular formula is C14H14BrNO3S. The summed E-state index contributed by atoms with van der Waals surface area (Å²) in [5.41, 5.74) is 1.89. The summed E-state index contributed by atoms with van der Waals surface area (Å²) in [5, 5.41) is 9.08. The second-order valence-corrected chi connectivity index (χ2v) is 6.86. The maximum absolute atomic E-state index is 12.3. The summed E-state index contributed by atoms with van der Waals surface area (Å²) < 4.78 is 28.0. The van der Waals surface area contributed by atoms with Crippen molar-refractivity contribution in [1.29, 1.82) is 0 Å². The van der Waals surface area contributed by atoms with Gasteiger partial charge in [-0.2, -0.15) is 0 Å². The fraction of sp³-hybridized carbons (Fsp3) is 0.143. The van der Waals surface area contributed by atoms with E-state index in [0.717, 1.165) is 10.0 Å². The topological polar surface area (TPSA) is 66.4 Å². The zero-order valence-electron chi connectivity index (χ0n) is 10.8. The van der Waals surface area contributed by atoms with Gasteiger partial charge in [-0.15, -0.1) is 0 Å². The SMILES string of the molecule is Cc1c(Br)cccc1NS(=O)(=O)c1cccc(CO)c1. The van der Waals surface area contributed by atoms with E-state index in [1.54, 1.807) is 24.3 Å². The van der Waals surface area contributed by atoms with Gasteiger partial charge in [0.2, 0.25) is 0 Å². The third kappa shape index (κ3) is 3.20. The van der Waals surface area contributed by atoms with Gasteiger partial charge in [0.1, 0.15) is 0 Å². The Morgan fingerprint density at radius 3 is 2.60 bits per heavy atom. The molecule has 6 heteroatoms. The van der Waals surface area contributed by atoms with E-state index in [-0.39, 0.29) is 11.5 Å². The van der Waals surface area contributed by atoms with Gasteiger partial charge >= 0.3 is 0 Å².